The van der Waals surface area contributed by atoms with Crippen LogP contribution in [0.5, 0.6) is 0 Å². The highest BCUT2D eigenvalue weighted by Gasteiger charge is 2.23. The molecule has 0 unspecified atom stereocenters. The summed E-state index contributed by atoms with van der Waals surface area (Å²) < 4.78 is 0. The van der Waals surface area contributed by atoms with Crippen molar-refractivity contribution >= 4 is 36.4 Å². The van der Waals surface area contributed by atoms with Crippen LogP contribution in [-0.4, -0.2) is 41.9 Å². The lowest BCUT2D eigenvalue weighted by Crippen LogP contribution is -2.48. The van der Waals surface area contributed by atoms with E-state index in [1.165, 1.54) is 5.56 Å². The first-order chi connectivity index (χ1) is 11.1. The van der Waals surface area contributed by atoms with Crippen LogP contribution in [0.1, 0.15) is 21.5 Å². The molecule has 3 rings (SSSR count). The van der Waals surface area contributed by atoms with Crippen LogP contribution in [-0.2, 0) is 6.54 Å². The van der Waals surface area contributed by atoms with Crippen molar-refractivity contribution < 1.29 is 4.79 Å². The average molecular weight is 382 g/mol. The van der Waals surface area contributed by atoms with E-state index in [4.69, 9.17) is 5.73 Å². The lowest BCUT2D eigenvalue weighted by molar-refractivity contribution is 0.0628. The predicted octanol–water partition coefficient (Wildman–Crippen LogP) is 3.38. The molecule has 25 heavy (non-hydrogen) atoms. The van der Waals surface area contributed by atoms with Gasteiger partial charge in [-0.25, -0.2) is 0 Å². The van der Waals surface area contributed by atoms with Gasteiger partial charge in [-0.1, -0.05) is 36.4 Å². The molecule has 1 aliphatic heterocycles. The van der Waals surface area contributed by atoms with Crippen LogP contribution in [0.15, 0.2) is 48.5 Å². The van der Waals surface area contributed by atoms with Gasteiger partial charge in [0.2, 0.25) is 0 Å². The van der Waals surface area contributed by atoms with Crippen molar-refractivity contribution in [3.05, 3.63) is 65.2 Å². The van der Waals surface area contributed by atoms with E-state index in [1.807, 2.05) is 30.0 Å². The minimum Gasteiger partial charge on any atom is -0.399 e. The molecular weight excluding hydrogens is 357 g/mol. The second-order valence-electron chi connectivity index (χ2n) is 6.13. The van der Waals surface area contributed by atoms with Crippen LogP contribution in [0, 0.1) is 6.92 Å². The molecule has 0 aromatic heterocycles. The van der Waals surface area contributed by atoms with Gasteiger partial charge < -0.3 is 10.6 Å². The van der Waals surface area contributed by atoms with Crippen molar-refractivity contribution in [1.82, 2.24) is 9.80 Å². The van der Waals surface area contributed by atoms with Gasteiger partial charge in [-0.3, -0.25) is 9.69 Å². The molecule has 6 heteroatoms. The van der Waals surface area contributed by atoms with Gasteiger partial charge in [0.05, 0.1) is 0 Å². The Labute approximate surface area is 161 Å². The fraction of sp³-hybridized carbons (Fsp3) is 0.316. The van der Waals surface area contributed by atoms with Crippen LogP contribution in [0.25, 0.3) is 0 Å². The largest absolute Gasteiger partial charge is 0.399 e. The molecule has 1 fully saturated rings. The smallest absolute Gasteiger partial charge is 0.254 e. The number of anilines is 1. The summed E-state index contributed by atoms with van der Waals surface area (Å²) in [6.07, 6.45) is 0. The van der Waals surface area contributed by atoms with Crippen molar-refractivity contribution in [1.29, 1.82) is 0 Å². The Morgan fingerprint density at radius 3 is 2.28 bits per heavy atom. The number of aryl methyl sites for hydroxylation is 1. The molecule has 1 amide bonds. The van der Waals surface area contributed by atoms with E-state index in [-0.39, 0.29) is 30.7 Å². The highest BCUT2D eigenvalue weighted by Crippen LogP contribution is 2.17. The molecular formula is C19H25Cl2N3O. The number of benzene rings is 2. The van der Waals surface area contributed by atoms with E-state index < -0.39 is 0 Å². The molecule has 2 N–H and O–H groups in total. The van der Waals surface area contributed by atoms with Gasteiger partial charge in [0.25, 0.3) is 5.91 Å². The van der Waals surface area contributed by atoms with Crippen LogP contribution in [0.4, 0.5) is 5.69 Å². The second kappa shape index (κ2) is 9.66. The quantitative estimate of drug-likeness (QED) is 0.828. The fourth-order valence-corrected chi connectivity index (χ4v) is 2.99. The van der Waals surface area contributed by atoms with Crippen LogP contribution in [0.2, 0.25) is 0 Å². The molecule has 0 spiro atoms. The summed E-state index contributed by atoms with van der Waals surface area (Å²) in [6, 6.07) is 16.0. The zero-order valence-corrected chi connectivity index (χ0v) is 16.0. The van der Waals surface area contributed by atoms with Gasteiger partial charge in [0.1, 0.15) is 0 Å². The first kappa shape index (κ1) is 21.3. The van der Waals surface area contributed by atoms with E-state index >= 15 is 0 Å². The zero-order chi connectivity index (χ0) is 16.2. The highest BCUT2D eigenvalue weighted by molar-refractivity contribution is 5.96. The molecule has 1 heterocycles. The highest BCUT2D eigenvalue weighted by atomic mass is 35.5. The van der Waals surface area contributed by atoms with Crippen molar-refractivity contribution in [2.24, 2.45) is 0 Å². The Hall–Kier alpha value is -1.75. The normalized spacial score (nSPS) is 14.4. The summed E-state index contributed by atoms with van der Waals surface area (Å²) >= 11 is 0. The number of nitrogens with two attached hydrogens (primary N) is 1. The number of rotatable bonds is 3. The van der Waals surface area contributed by atoms with E-state index in [2.05, 4.69) is 29.2 Å². The maximum absolute atomic E-state index is 12.7. The van der Waals surface area contributed by atoms with Crippen molar-refractivity contribution in [2.75, 3.05) is 31.9 Å². The molecule has 0 atom stereocenters. The molecule has 0 bridgehead atoms. The minimum absolute atomic E-state index is 0. The number of hydrogen-bond donors (Lipinski definition) is 1. The Kier molecular flexibility index (Phi) is 8.23. The minimum atomic E-state index is 0. The number of carbonyl (C=O) groups is 1. The molecule has 0 aliphatic carbocycles. The Morgan fingerprint density at radius 1 is 1.00 bits per heavy atom. The van der Waals surface area contributed by atoms with Crippen LogP contribution < -0.4 is 5.73 Å². The monoisotopic (exact) mass is 381 g/mol. The van der Waals surface area contributed by atoms with Gasteiger partial charge in [-0.2, -0.15) is 0 Å². The van der Waals surface area contributed by atoms with E-state index in [0.717, 1.165) is 43.9 Å². The van der Waals surface area contributed by atoms with Gasteiger partial charge in [-0.05, 0) is 30.2 Å². The first-order valence-electron chi connectivity index (χ1n) is 8.05. The number of hydrogen-bond acceptors (Lipinski definition) is 3. The molecule has 1 aliphatic rings. The molecule has 2 aromatic rings. The summed E-state index contributed by atoms with van der Waals surface area (Å²) in [5.74, 6) is 0.0918. The lowest BCUT2D eigenvalue weighted by atomic mass is 10.1. The maximum atomic E-state index is 12.7. The van der Waals surface area contributed by atoms with Gasteiger partial charge in [0.15, 0.2) is 0 Å². The lowest BCUT2D eigenvalue weighted by Gasteiger charge is -2.35. The summed E-state index contributed by atoms with van der Waals surface area (Å²) in [7, 11) is 0. The van der Waals surface area contributed by atoms with Crippen molar-refractivity contribution in [3.8, 4) is 0 Å². The first-order valence-corrected chi connectivity index (χ1v) is 8.05. The zero-order valence-electron chi connectivity index (χ0n) is 14.4. The Balaban J connectivity index is 0.00000156. The summed E-state index contributed by atoms with van der Waals surface area (Å²) in [5.41, 5.74) is 9.49. The molecule has 1 saturated heterocycles. The number of piperazine rings is 1. The fourth-order valence-electron chi connectivity index (χ4n) is 2.99. The van der Waals surface area contributed by atoms with E-state index in [1.54, 1.807) is 6.07 Å². The third kappa shape index (κ3) is 5.36. The number of carbonyl (C=O) groups excluding carboxylic acids is 1. The molecule has 4 nitrogen and oxygen atoms in total. The Bertz CT molecular complexity index is 686. The summed E-state index contributed by atoms with van der Waals surface area (Å²) in [5, 5.41) is 0. The van der Waals surface area contributed by atoms with Crippen molar-refractivity contribution in [3.63, 3.8) is 0 Å². The van der Waals surface area contributed by atoms with Gasteiger partial charge in [0, 0.05) is 44.0 Å². The topological polar surface area (TPSA) is 49.6 Å². The summed E-state index contributed by atoms with van der Waals surface area (Å²) in [6.45, 7) is 6.24. The maximum Gasteiger partial charge on any atom is 0.254 e. The third-order valence-electron chi connectivity index (χ3n) is 4.40. The van der Waals surface area contributed by atoms with Gasteiger partial charge >= 0.3 is 0 Å². The molecule has 2 aromatic carbocycles. The predicted molar refractivity (Wildman–Crippen MR) is 108 cm³/mol. The molecule has 136 valence electrons. The van der Waals surface area contributed by atoms with Crippen LogP contribution in [0.3, 0.4) is 0 Å². The second-order valence-corrected chi connectivity index (χ2v) is 6.13. The standard InChI is InChI=1S/C19H23N3O.2ClH/c1-15-7-8-17(20)13-18(15)19(23)22-11-9-21(10-12-22)14-16-5-3-2-4-6-16;;/h2-8,13H,9-12,14,20H2,1H3;2*1H. The van der Waals surface area contributed by atoms with E-state index in [0.29, 0.717) is 5.69 Å². The average Bonchev–Trinajstić information content (AvgIpc) is 2.58. The Morgan fingerprint density at radius 2 is 1.64 bits per heavy atom. The molecule has 0 saturated carbocycles. The molecule has 0 radical (unpaired) electrons. The third-order valence-corrected chi connectivity index (χ3v) is 4.40. The van der Waals surface area contributed by atoms with Crippen LogP contribution >= 0.6 is 24.8 Å². The summed E-state index contributed by atoms with van der Waals surface area (Å²) in [4.78, 5) is 17.0. The van der Waals surface area contributed by atoms with E-state index in [9.17, 15) is 4.79 Å². The number of amides is 1. The number of halogens is 2. The van der Waals surface area contributed by atoms with Crippen molar-refractivity contribution in [2.45, 2.75) is 13.5 Å². The van der Waals surface area contributed by atoms with Gasteiger partial charge in [-0.15, -0.1) is 24.8 Å². The number of nitrogen functional groups attached to an aromatic ring is 1. The number of nitrogens with zero attached hydrogens (tertiary/aromatic N) is 2. The SMILES string of the molecule is Cc1ccc(N)cc1C(=O)N1CCN(Cc2ccccc2)CC1.Cl.Cl.